The van der Waals surface area contributed by atoms with Crippen molar-refractivity contribution in [1.29, 1.82) is 0 Å². The highest BCUT2D eigenvalue weighted by molar-refractivity contribution is 5.89. The molecule has 1 atom stereocenters. The van der Waals surface area contributed by atoms with Gasteiger partial charge >= 0.3 is 5.97 Å². The third-order valence-corrected chi connectivity index (χ3v) is 2.53. The first-order valence-electron chi connectivity index (χ1n) is 6.15. The molecule has 0 aliphatic rings. The van der Waals surface area contributed by atoms with Crippen molar-refractivity contribution in [3.05, 3.63) is 0 Å². The van der Waals surface area contributed by atoms with Crippen LogP contribution in [0.15, 0.2) is 0 Å². The average molecular weight is 287 g/mol. The second-order valence-corrected chi connectivity index (χ2v) is 4.91. The van der Waals surface area contributed by atoms with Gasteiger partial charge in [0.15, 0.2) is 5.78 Å². The maximum atomic E-state index is 11.8. The Bertz CT molecular complexity index is 379. The number of carbonyl (C=O) groups is 4. The molecule has 0 saturated carbocycles. The number of ketones is 1. The summed E-state index contributed by atoms with van der Waals surface area (Å²) in [6, 6.07) is -0.636. The smallest absolute Gasteiger partial charge is 0.317 e. The summed E-state index contributed by atoms with van der Waals surface area (Å²) in [6.45, 7) is 3.79. The molecule has 0 radical (unpaired) electrons. The van der Waals surface area contributed by atoms with Crippen molar-refractivity contribution in [2.45, 2.75) is 26.8 Å². The summed E-state index contributed by atoms with van der Waals surface area (Å²) in [7, 11) is 0. The molecule has 0 aromatic carbocycles. The zero-order valence-corrected chi connectivity index (χ0v) is 11.9. The van der Waals surface area contributed by atoms with Crippen LogP contribution in [0.5, 0.6) is 0 Å². The molecule has 8 nitrogen and oxygen atoms in total. The molecule has 0 aliphatic heterocycles. The molecular formula is C12H21N3O5. The molecule has 0 aromatic heterocycles. The zero-order valence-electron chi connectivity index (χ0n) is 11.9. The maximum absolute atomic E-state index is 11.8. The van der Waals surface area contributed by atoms with Gasteiger partial charge in [0.25, 0.3) is 0 Å². The van der Waals surface area contributed by atoms with Gasteiger partial charge in [-0.25, -0.2) is 0 Å². The van der Waals surface area contributed by atoms with E-state index in [1.54, 1.807) is 13.8 Å². The molecule has 114 valence electrons. The highest BCUT2D eigenvalue weighted by atomic mass is 16.4. The molecule has 0 spiro atoms. The second-order valence-electron chi connectivity index (χ2n) is 4.91. The molecule has 0 rings (SSSR count). The number of Topliss-reactive ketones (excluding diaryl/α,β-unsaturated/α-hetero) is 1. The number of nitrogens with zero attached hydrogens (tertiary/aromatic N) is 1. The minimum absolute atomic E-state index is 0.0829. The van der Waals surface area contributed by atoms with Gasteiger partial charge in [0, 0.05) is 0 Å². The van der Waals surface area contributed by atoms with Gasteiger partial charge in [-0.05, 0) is 12.8 Å². The molecule has 8 heteroatoms. The molecule has 0 aromatic rings. The Hall–Kier alpha value is -1.96. The van der Waals surface area contributed by atoms with Gasteiger partial charge in [-0.2, -0.15) is 0 Å². The Morgan fingerprint density at radius 2 is 1.70 bits per heavy atom. The average Bonchev–Trinajstić information content (AvgIpc) is 2.22. The van der Waals surface area contributed by atoms with Gasteiger partial charge in [-0.3, -0.25) is 24.1 Å². The number of carbonyl (C=O) groups excluding carboxylic acids is 3. The van der Waals surface area contributed by atoms with E-state index >= 15 is 0 Å². The van der Waals surface area contributed by atoms with E-state index in [1.807, 2.05) is 0 Å². The third kappa shape index (κ3) is 7.47. The van der Waals surface area contributed by atoms with E-state index in [-0.39, 0.29) is 24.8 Å². The highest BCUT2D eigenvalue weighted by Gasteiger charge is 2.22. The molecular weight excluding hydrogens is 266 g/mol. The summed E-state index contributed by atoms with van der Waals surface area (Å²) in [6.07, 6.45) is 0. The van der Waals surface area contributed by atoms with Gasteiger partial charge < -0.3 is 16.2 Å². The van der Waals surface area contributed by atoms with E-state index in [9.17, 15) is 19.2 Å². The lowest BCUT2D eigenvalue weighted by Gasteiger charge is -2.22. The SMILES string of the molecule is CC(=O)C(NC(=O)CN(CC(N)=O)CC(=O)O)C(C)C. The van der Waals surface area contributed by atoms with E-state index in [4.69, 9.17) is 10.8 Å². The van der Waals surface area contributed by atoms with Crippen LogP contribution in [-0.4, -0.2) is 59.2 Å². The van der Waals surface area contributed by atoms with Gasteiger partial charge in [-0.1, -0.05) is 13.8 Å². The standard InChI is InChI=1S/C12H21N3O5/c1-7(2)12(8(3)16)14-10(18)5-15(4-9(13)17)6-11(19)20/h7,12H,4-6H2,1-3H3,(H2,13,17)(H,14,18)(H,19,20). The van der Waals surface area contributed by atoms with Crippen LogP contribution in [0.3, 0.4) is 0 Å². The lowest BCUT2D eigenvalue weighted by Crippen LogP contribution is -2.49. The van der Waals surface area contributed by atoms with E-state index in [0.717, 1.165) is 4.90 Å². The number of carboxylic acid groups (broad SMARTS) is 1. The van der Waals surface area contributed by atoms with Gasteiger partial charge in [0.05, 0.1) is 25.7 Å². The van der Waals surface area contributed by atoms with Crippen LogP contribution in [0.2, 0.25) is 0 Å². The van der Waals surface area contributed by atoms with Crippen LogP contribution >= 0.6 is 0 Å². The molecule has 4 N–H and O–H groups in total. The second kappa shape index (κ2) is 8.26. The third-order valence-electron chi connectivity index (χ3n) is 2.53. The van der Waals surface area contributed by atoms with Crippen molar-refractivity contribution >= 4 is 23.6 Å². The Morgan fingerprint density at radius 3 is 2.05 bits per heavy atom. The van der Waals surface area contributed by atoms with Crippen LogP contribution in [0.4, 0.5) is 0 Å². The summed E-state index contributed by atoms with van der Waals surface area (Å²) in [5, 5.41) is 11.2. The summed E-state index contributed by atoms with van der Waals surface area (Å²) in [4.78, 5) is 45.7. The fourth-order valence-corrected chi connectivity index (χ4v) is 1.74. The van der Waals surface area contributed by atoms with Crippen molar-refractivity contribution in [2.24, 2.45) is 11.7 Å². The van der Waals surface area contributed by atoms with Gasteiger partial charge in [-0.15, -0.1) is 0 Å². The topological polar surface area (TPSA) is 130 Å². The Balaban J connectivity index is 4.62. The number of nitrogens with two attached hydrogens (primary N) is 1. The molecule has 0 saturated heterocycles. The van der Waals surface area contributed by atoms with Crippen molar-refractivity contribution < 1.29 is 24.3 Å². The van der Waals surface area contributed by atoms with E-state index in [0.29, 0.717) is 0 Å². The number of carboxylic acids is 1. The summed E-state index contributed by atoms with van der Waals surface area (Å²) in [5.74, 6) is -2.70. The predicted molar refractivity (Wildman–Crippen MR) is 70.7 cm³/mol. The summed E-state index contributed by atoms with van der Waals surface area (Å²) >= 11 is 0. The van der Waals surface area contributed by atoms with Crippen molar-refractivity contribution in [3.8, 4) is 0 Å². The van der Waals surface area contributed by atoms with E-state index < -0.39 is 30.4 Å². The van der Waals surface area contributed by atoms with Crippen LogP contribution < -0.4 is 11.1 Å². The molecule has 0 heterocycles. The number of nitrogens with one attached hydrogen (secondary N) is 1. The maximum Gasteiger partial charge on any atom is 0.317 e. The molecule has 0 aliphatic carbocycles. The Labute approximate surface area is 117 Å². The Morgan fingerprint density at radius 1 is 1.15 bits per heavy atom. The number of hydrogen-bond acceptors (Lipinski definition) is 5. The monoisotopic (exact) mass is 287 g/mol. The molecule has 0 bridgehead atoms. The first-order chi connectivity index (χ1) is 9.13. The van der Waals surface area contributed by atoms with Gasteiger partial charge in [0.2, 0.25) is 11.8 Å². The van der Waals surface area contributed by atoms with Gasteiger partial charge in [0.1, 0.15) is 0 Å². The van der Waals surface area contributed by atoms with Crippen molar-refractivity contribution in [3.63, 3.8) is 0 Å². The molecule has 0 fully saturated rings. The van der Waals surface area contributed by atoms with E-state index in [2.05, 4.69) is 5.32 Å². The lowest BCUT2D eigenvalue weighted by molar-refractivity contribution is -0.139. The first kappa shape index (κ1) is 18.0. The van der Waals surface area contributed by atoms with Crippen LogP contribution in [0.25, 0.3) is 0 Å². The number of aliphatic carboxylic acids is 1. The van der Waals surface area contributed by atoms with Crippen LogP contribution in [-0.2, 0) is 19.2 Å². The minimum atomic E-state index is -1.17. The highest BCUT2D eigenvalue weighted by Crippen LogP contribution is 2.02. The first-order valence-corrected chi connectivity index (χ1v) is 6.15. The van der Waals surface area contributed by atoms with Crippen LogP contribution in [0, 0.1) is 5.92 Å². The fourth-order valence-electron chi connectivity index (χ4n) is 1.74. The normalized spacial score (nSPS) is 12.2. The number of amides is 2. The number of rotatable bonds is 9. The molecule has 20 heavy (non-hydrogen) atoms. The van der Waals surface area contributed by atoms with Crippen LogP contribution in [0.1, 0.15) is 20.8 Å². The number of primary amides is 1. The molecule has 2 amide bonds. The van der Waals surface area contributed by atoms with Crippen molar-refractivity contribution in [2.75, 3.05) is 19.6 Å². The molecule has 1 unspecified atom stereocenters. The minimum Gasteiger partial charge on any atom is -0.480 e. The quantitative estimate of drug-likeness (QED) is 0.477. The lowest BCUT2D eigenvalue weighted by atomic mass is 10.0. The fraction of sp³-hybridized carbons (Fsp3) is 0.667. The van der Waals surface area contributed by atoms with E-state index in [1.165, 1.54) is 6.92 Å². The van der Waals surface area contributed by atoms with Crippen molar-refractivity contribution in [1.82, 2.24) is 10.2 Å². The number of hydrogen-bond donors (Lipinski definition) is 3. The largest absolute Gasteiger partial charge is 0.480 e. The summed E-state index contributed by atoms with van der Waals surface area (Å²) in [5.41, 5.74) is 4.98. The zero-order chi connectivity index (χ0) is 15.9. The predicted octanol–water partition coefficient (Wildman–Crippen LogP) is -1.41. The Kier molecular flexibility index (Phi) is 7.45. The summed E-state index contributed by atoms with van der Waals surface area (Å²) < 4.78 is 0.